The van der Waals surface area contributed by atoms with Crippen molar-refractivity contribution in [1.82, 2.24) is 4.67 Å². The Labute approximate surface area is 129 Å². The summed E-state index contributed by atoms with van der Waals surface area (Å²) in [7, 11) is -1.41. The molecule has 0 aliphatic carbocycles. The molecule has 1 aliphatic rings. The fourth-order valence-electron chi connectivity index (χ4n) is 2.76. The number of Topliss-reactive ketones (excluding diaryl/α,β-unsaturated/α-hetero) is 1. The minimum absolute atomic E-state index is 0.230. The molecule has 2 rings (SSSR count). The van der Waals surface area contributed by atoms with Crippen LogP contribution in [0.25, 0.3) is 0 Å². The van der Waals surface area contributed by atoms with Crippen LogP contribution in [0.4, 0.5) is 0 Å². The molecular weight excluding hydrogens is 276 g/mol. The molecule has 114 valence electrons. The van der Waals surface area contributed by atoms with Gasteiger partial charge in [-0.05, 0) is 31.4 Å². The molecule has 1 saturated heterocycles. The van der Waals surface area contributed by atoms with Crippen LogP contribution < -0.4 is 0 Å². The van der Waals surface area contributed by atoms with Gasteiger partial charge < -0.3 is 9.47 Å². The molecule has 1 fully saturated rings. The first-order chi connectivity index (χ1) is 9.99. The molecule has 1 heterocycles. The third-order valence-corrected chi connectivity index (χ3v) is 7.47. The topological polar surface area (TPSA) is 32.7 Å². The molecule has 1 aliphatic heterocycles. The molecule has 0 spiro atoms. The monoisotopic (exact) mass is 302 g/mol. The van der Waals surface area contributed by atoms with Crippen LogP contribution in [-0.2, 0) is 4.79 Å². The molecule has 0 atom stereocenters. The van der Waals surface area contributed by atoms with Gasteiger partial charge in [0.2, 0.25) is 0 Å². The van der Waals surface area contributed by atoms with E-state index in [0.29, 0.717) is 6.42 Å². The Morgan fingerprint density at radius 1 is 1.19 bits per heavy atom. The maximum Gasteiger partial charge on any atom is 0.172 e. The smallest absolute Gasteiger partial charge is 0.172 e. The number of nitrogens with zero attached hydrogens (tertiary/aromatic N) is 2. The Bertz CT molecular complexity index is 511. The summed E-state index contributed by atoms with van der Waals surface area (Å²) in [6, 6.07) is 11.6. The summed E-state index contributed by atoms with van der Waals surface area (Å²) in [6.45, 7) is 7.50. The van der Waals surface area contributed by atoms with Crippen LogP contribution in [0.15, 0.2) is 35.4 Å². The number of hydrogen-bond acceptors (Lipinski definition) is 3. The lowest BCUT2D eigenvalue weighted by atomic mass is 10.0. The predicted molar refractivity (Wildman–Crippen MR) is 91.1 cm³/mol. The summed E-state index contributed by atoms with van der Waals surface area (Å²) in [5.74, 6) is 0.230. The molecule has 0 bridgehead atoms. The molecule has 4 heteroatoms. The van der Waals surface area contributed by atoms with Crippen molar-refractivity contribution in [3.05, 3.63) is 35.9 Å². The molecule has 0 aromatic heterocycles. The molecule has 3 nitrogen and oxygen atoms in total. The first-order valence-corrected chi connectivity index (χ1v) is 11.0. The third-order valence-electron chi connectivity index (χ3n) is 4.17. The molecule has 21 heavy (non-hydrogen) atoms. The summed E-state index contributed by atoms with van der Waals surface area (Å²) in [4.78, 5) is 11.3. The van der Waals surface area contributed by atoms with E-state index in [2.05, 4.69) is 29.9 Å². The van der Waals surface area contributed by atoms with Crippen LogP contribution in [0, 0.1) is 0 Å². The Hall–Kier alpha value is -1.42. The van der Waals surface area contributed by atoms with Gasteiger partial charge in [0.1, 0.15) is 5.78 Å². The van der Waals surface area contributed by atoms with Gasteiger partial charge in [-0.15, -0.1) is 0 Å². The second-order valence-corrected chi connectivity index (χ2v) is 11.1. The molecular formula is C17H26N2OSi. The van der Waals surface area contributed by atoms with Gasteiger partial charge in [0.25, 0.3) is 0 Å². The van der Waals surface area contributed by atoms with E-state index in [-0.39, 0.29) is 5.78 Å². The van der Waals surface area contributed by atoms with E-state index in [1.54, 1.807) is 6.92 Å². The van der Waals surface area contributed by atoms with Gasteiger partial charge in [-0.1, -0.05) is 49.8 Å². The van der Waals surface area contributed by atoms with Gasteiger partial charge in [0.05, 0.1) is 5.71 Å². The maximum atomic E-state index is 11.3. The fourth-order valence-corrected chi connectivity index (χ4v) is 5.29. The van der Waals surface area contributed by atoms with Crippen molar-refractivity contribution in [3.8, 4) is 0 Å². The number of carbonyl (C=O) groups is 1. The summed E-state index contributed by atoms with van der Waals surface area (Å²) in [5, 5.41) is 4.99. The fraction of sp³-hybridized carbons (Fsp3) is 0.529. The van der Waals surface area contributed by atoms with Crippen molar-refractivity contribution in [2.75, 3.05) is 6.54 Å². The van der Waals surface area contributed by atoms with Crippen LogP contribution in [-0.4, -0.2) is 30.9 Å². The standard InChI is InChI=1S/C17H26N2OSi/c1-15(20)11-12-17(16-9-5-4-6-10-16)18-19-13-7-8-14-21(19,2)3/h4-6,9-10H,7-8,11-14H2,1-3H3. The van der Waals surface area contributed by atoms with E-state index >= 15 is 0 Å². The Balaban J connectivity index is 2.25. The molecule has 0 amide bonds. The molecule has 1 aromatic rings. The third kappa shape index (κ3) is 4.53. The Morgan fingerprint density at radius 2 is 1.90 bits per heavy atom. The zero-order chi connectivity index (χ0) is 15.3. The number of carbonyl (C=O) groups excluding carboxylic acids is 1. The molecule has 0 N–H and O–H groups in total. The van der Waals surface area contributed by atoms with Crippen molar-refractivity contribution in [2.45, 2.75) is 51.7 Å². The molecule has 0 saturated carbocycles. The number of hydrogen-bond donors (Lipinski definition) is 0. The quantitative estimate of drug-likeness (QED) is 0.607. The van der Waals surface area contributed by atoms with E-state index in [0.717, 1.165) is 24.2 Å². The van der Waals surface area contributed by atoms with Crippen LogP contribution in [0.3, 0.4) is 0 Å². The largest absolute Gasteiger partial charge is 0.324 e. The zero-order valence-electron chi connectivity index (χ0n) is 13.4. The van der Waals surface area contributed by atoms with E-state index in [9.17, 15) is 4.79 Å². The van der Waals surface area contributed by atoms with Crippen molar-refractivity contribution in [2.24, 2.45) is 5.10 Å². The summed E-state index contributed by atoms with van der Waals surface area (Å²) in [5.41, 5.74) is 2.21. The zero-order valence-corrected chi connectivity index (χ0v) is 14.4. The molecule has 1 aromatic carbocycles. The van der Waals surface area contributed by atoms with Crippen LogP contribution >= 0.6 is 0 Å². The van der Waals surface area contributed by atoms with Crippen LogP contribution in [0.1, 0.15) is 38.2 Å². The van der Waals surface area contributed by atoms with Gasteiger partial charge in [-0.2, -0.15) is 5.10 Å². The SMILES string of the molecule is CC(=O)CCC(=NN1CCCC[Si]1(C)C)c1ccccc1. The minimum atomic E-state index is -1.41. The highest BCUT2D eigenvalue weighted by Gasteiger charge is 2.32. The summed E-state index contributed by atoms with van der Waals surface area (Å²) in [6.07, 6.45) is 3.87. The van der Waals surface area contributed by atoms with Crippen molar-refractivity contribution in [1.29, 1.82) is 0 Å². The second-order valence-electron chi connectivity index (χ2n) is 6.51. The van der Waals surface area contributed by atoms with E-state index in [1.807, 2.05) is 18.2 Å². The number of hydrazone groups is 1. The minimum Gasteiger partial charge on any atom is -0.324 e. The highest BCUT2D eigenvalue weighted by Crippen LogP contribution is 2.25. The van der Waals surface area contributed by atoms with Crippen molar-refractivity contribution in [3.63, 3.8) is 0 Å². The van der Waals surface area contributed by atoms with Gasteiger partial charge in [0.15, 0.2) is 8.24 Å². The average Bonchev–Trinajstić information content (AvgIpc) is 2.45. The predicted octanol–water partition coefficient (Wildman–Crippen LogP) is 4.06. The van der Waals surface area contributed by atoms with Gasteiger partial charge in [0, 0.05) is 13.0 Å². The summed E-state index contributed by atoms with van der Waals surface area (Å²) >= 11 is 0. The number of ketones is 1. The van der Waals surface area contributed by atoms with E-state index < -0.39 is 8.24 Å². The van der Waals surface area contributed by atoms with Crippen LogP contribution in [0.5, 0.6) is 0 Å². The average molecular weight is 302 g/mol. The van der Waals surface area contributed by atoms with E-state index in [4.69, 9.17) is 5.10 Å². The Morgan fingerprint density at radius 3 is 2.52 bits per heavy atom. The van der Waals surface area contributed by atoms with E-state index in [1.165, 1.54) is 18.9 Å². The lowest BCUT2D eigenvalue weighted by molar-refractivity contribution is -0.116. The normalized spacial score (nSPS) is 18.6. The maximum absolute atomic E-state index is 11.3. The lowest BCUT2D eigenvalue weighted by Crippen LogP contribution is -2.48. The highest BCUT2D eigenvalue weighted by molar-refractivity contribution is 6.74. The molecule has 0 unspecified atom stereocenters. The number of rotatable bonds is 5. The lowest BCUT2D eigenvalue weighted by Gasteiger charge is -2.39. The van der Waals surface area contributed by atoms with Gasteiger partial charge in [-0.3, -0.25) is 0 Å². The first-order valence-electron chi connectivity index (χ1n) is 7.89. The van der Waals surface area contributed by atoms with Crippen molar-refractivity contribution < 1.29 is 4.79 Å². The van der Waals surface area contributed by atoms with Gasteiger partial charge in [-0.25, -0.2) is 0 Å². The van der Waals surface area contributed by atoms with Gasteiger partial charge >= 0.3 is 0 Å². The first kappa shape index (κ1) is 16.0. The second kappa shape index (κ2) is 7.03. The molecule has 0 radical (unpaired) electrons. The number of benzene rings is 1. The summed E-state index contributed by atoms with van der Waals surface area (Å²) < 4.78 is 2.36. The highest BCUT2D eigenvalue weighted by atomic mass is 28.3. The van der Waals surface area contributed by atoms with Crippen molar-refractivity contribution >= 4 is 19.7 Å². The van der Waals surface area contributed by atoms with Crippen LogP contribution in [0.2, 0.25) is 19.1 Å². The Kier molecular flexibility index (Phi) is 5.34.